The lowest BCUT2D eigenvalue weighted by Crippen LogP contribution is -2.25. The topological polar surface area (TPSA) is 116 Å². The van der Waals surface area contributed by atoms with Crippen LogP contribution >= 0.6 is 11.3 Å². The summed E-state index contributed by atoms with van der Waals surface area (Å²) in [7, 11) is 1.78. The van der Waals surface area contributed by atoms with Gasteiger partial charge in [-0.1, -0.05) is 0 Å². The van der Waals surface area contributed by atoms with E-state index in [9.17, 15) is 9.59 Å². The molecule has 0 radical (unpaired) electrons. The Hall–Kier alpha value is -3.07. The van der Waals surface area contributed by atoms with Crippen LogP contribution < -0.4 is 11.1 Å². The first-order valence-electron chi connectivity index (χ1n) is 9.07. The molecule has 0 bridgehead atoms. The van der Waals surface area contributed by atoms with Gasteiger partial charge in [0.2, 0.25) is 0 Å². The first kappa shape index (κ1) is 18.3. The molecule has 1 aliphatic carbocycles. The molecule has 0 atom stereocenters. The fourth-order valence-electron chi connectivity index (χ4n) is 3.47. The first-order chi connectivity index (χ1) is 13.5. The molecule has 28 heavy (non-hydrogen) atoms. The van der Waals surface area contributed by atoms with Crippen LogP contribution in [0.3, 0.4) is 0 Å². The normalized spacial score (nSPS) is 13.2. The van der Waals surface area contributed by atoms with Crippen LogP contribution in [0.25, 0.3) is 10.6 Å². The van der Waals surface area contributed by atoms with E-state index >= 15 is 0 Å². The van der Waals surface area contributed by atoms with Gasteiger partial charge in [-0.15, -0.1) is 11.3 Å². The van der Waals surface area contributed by atoms with Crippen molar-refractivity contribution in [2.75, 3.05) is 0 Å². The van der Waals surface area contributed by atoms with Gasteiger partial charge in [0.15, 0.2) is 5.82 Å². The van der Waals surface area contributed by atoms with E-state index in [2.05, 4.69) is 20.4 Å². The number of amides is 2. The zero-order valence-corrected chi connectivity index (χ0v) is 16.3. The zero-order valence-electron chi connectivity index (χ0n) is 15.4. The molecule has 0 aromatic carbocycles. The highest BCUT2D eigenvalue weighted by atomic mass is 32.1. The van der Waals surface area contributed by atoms with Crippen LogP contribution in [0, 0.1) is 0 Å². The number of fused-ring (bicyclic) bond motifs is 1. The molecule has 144 valence electrons. The fraction of sp³-hybridized carbons (Fsp3) is 0.316. The largest absolute Gasteiger partial charge is 0.366 e. The number of hydrogen-bond acceptors (Lipinski definition) is 6. The Morgan fingerprint density at radius 3 is 2.86 bits per heavy atom. The van der Waals surface area contributed by atoms with E-state index in [1.807, 2.05) is 0 Å². The number of rotatable bonds is 5. The summed E-state index contributed by atoms with van der Waals surface area (Å²) in [4.78, 5) is 35.4. The van der Waals surface area contributed by atoms with Crippen LogP contribution in [-0.4, -0.2) is 31.6 Å². The predicted octanol–water partition coefficient (Wildman–Crippen LogP) is 1.85. The summed E-state index contributed by atoms with van der Waals surface area (Å²) in [6, 6.07) is 3.31. The molecule has 0 aliphatic heterocycles. The molecule has 3 heterocycles. The second-order valence-corrected chi connectivity index (χ2v) is 7.80. The van der Waals surface area contributed by atoms with Gasteiger partial charge in [-0.25, -0.2) is 4.98 Å². The van der Waals surface area contributed by atoms with Crippen molar-refractivity contribution in [1.82, 2.24) is 25.1 Å². The Bertz CT molecular complexity index is 1050. The zero-order chi connectivity index (χ0) is 19.7. The Morgan fingerprint density at radius 1 is 1.29 bits per heavy atom. The second kappa shape index (κ2) is 7.51. The highest BCUT2D eigenvalue weighted by molar-refractivity contribution is 7.16. The molecule has 3 N–H and O–H groups in total. The number of nitrogens with two attached hydrogens (primary N) is 1. The average Bonchev–Trinajstić information content (AvgIpc) is 3.29. The van der Waals surface area contributed by atoms with Gasteiger partial charge in [-0.05, 0) is 43.4 Å². The van der Waals surface area contributed by atoms with Crippen LogP contribution in [0.4, 0.5) is 0 Å². The number of aromatic nitrogens is 4. The number of thiophene rings is 1. The molecule has 8 nitrogen and oxygen atoms in total. The monoisotopic (exact) mass is 396 g/mol. The maximum Gasteiger partial charge on any atom is 0.253 e. The molecule has 0 saturated heterocycles. The quantitative estimate of drug-likeness (QED) is 0.683. The van der Waals surface area contributed by atoms with Crippen LogP contribution in [0.2, 0.25) is 0 Å². The summed E-state index contributed by atoms with van der Waals surface area (Å²) in [5, 5.41) is 7.10. The molecule has 9 heteroatoms. The third-order valence-electron chi connectivity index (χ3n) is 4.74. The molecule has 0 unspecified atom stereocenters. The van der Waals surface area contributed by atoms with Gasteiger partial charge in [-0.2, -0.15) is 5.10 Å². The SMILES string of the molecule is Cn1cnc(CNC(=O)c2c(-c3ncccc3C(N)=O)sc3c2CCCC3)n1. The highest BCUT2D eigenvalue weighted by Crippen LogP contribution is 2.40. The van der Waals surface area contributed by atoms with E-state index in [0.717, 1.165) is 31.2 Å². The van der Waals surface area contributed by atoms with E-state index < -0.39 is 5.91 Å². The molecule has 0 spiro atoms. The van der Waals surface area contributed by atoms with Gasteiger partial charge in [0.05, 0.1) is 28.2 Å². The Labute approximate surface area is 165 Å². The summed E-state index contributed by atoms with van der Waals surface area (Å²) >= 11 is 1.53. The standard InChI is InChI=1S/C19H20N6O2S/c1-25-10-23-14(24-25)9-22-19(27)15-11-5-2-3-7-13(11)28-17(15)16-12(18(20)26)6-4-8-21-16/h4,6,8,10H,2-3,5,7,9H2,1H3,(H2,20,26)(H,22,27). The lowest BCUT2D eigenvalue weighted by atomic mass is 9.93. The van der Waals surface area contributed by atoms with Crippen molar-refractivity contribution in [2.45, 2.75) is 32.2 Å². The van der Waals surface area contributed by atoms with Gasteiger partial charge in [0, 0.05) is 18.1 Å². The van der Waals surface area contributed by atoms with Crippen LogP contribution in [0.5, 0.6) is 0 Å². The fourth-order valence-corrected chi connectivity index (χ4v) is 4.87. The van der Waals surface area contributed by atoms with E-state index in [4.69, 9.17) is 5.73 Å². The Kier molecular flexibility index (Phi) is 4.91. The van der Waals surface area contributed by atoms with Crippen molar-refractivity contribution in [3.8, 4) is 10.6 Å². The predicted molar refractivity (Wildman–Crippen MR) is 105 cm³/mol. The molecule has 0 saturated carbocycles. The first-order valence-corrected chi connectivity index (χ1v) is 9.88. The number of aryl methyl sites for hydroxylation is 2. The van der Waals surface area contributed by atoms with Crippen LogP contribution in [0.1, 0.15) is 49.8 Å². The summed E-state index contributed by atoms with van der Waals surface area (Å²) in [6.45, 7) is 0.231. The maximum absolute atomic E-state index is 13.1. The molecule has 0 fully saturated rings. The number of nitrogens with zero attached hydrogens (tertiary/aromatic N) is 4. The molecule has 1 aliphatic rings. The Balaban J connectivity index is 1.74. The third kappa shape index (κ3) is 3.40. The molecule has 3 aromatic heterocycles. The van der Waals surface area contributed by atoms with Crippen molar-refractivity contribution in [2.24, 2.45) is 12.8 Å². The minimum absolute atomic E-state index is 0.206. The smallest absolute Gasteiger partial charge is 0.253 e. The molecule has 2 amide bonds. The van der Waals surface area contributed by atoms with Gasteiger partial charge >= 0.3 is 0 Å². The van der Waals surface area contributed by atoms with E-state index in [0.29, 0.717) is 27.5 Å². The lowest BCUT2D eigenvalue weighted by molar-refractivity contribution is 0.0948. The van der Waals surface area contributed by atoms with Crippen LogP contribution in [-0.2, 0) is 26.4 Å². The minimum Gasteiger partial charge on any atom is -0.366 e. The average molecular weight is 396 g/mol. The van der Waals surface area contributed by atoms with E-state index in [1.54, 1.807) is 36.4 Å². The number of carbonyl (C=O) groups is 2. The second-order valence-electron chi connectivity index (χ2n) is 6.70. The maximum atomic E-state index is 13.1. The number of pyridine rings is 1. The molecular formula is C19H20N6O2S. The molecule has 3 aromatic rings. The van der Waals surface area contributed by atoms with Gasteiger partial charge in [0.1, 0.15) is 6.33 Å². The van der Waals surface area contributed by atoms with Crippen molar-refractivity contribution >= 4 is 23.2 Å². The summed E-state index contributed by atoms with van der Waals surface area (Å²) in [5.41, 5.74) is 7.98. The van der Waals surface area contributed by atoms with E-state index in [1.165, 1.54) is 16.2 Å². The third-order valence-corrected chi connectivity index (χ3v) is 6.04. The summed E-state index contributed by atoms with van der Waals surface area (Å²) in [5.74, 6) is -0.224. The van der Waals surface area contributed by atoms with Gasteiger partial charge in [-0.3, -0.25) is 19.3 Å². The highest BCUT2D eigenvalue weighted by Gasteiger charge is 2.28. The number of nitrogens with one attached hydrogen (secondary N) is 1. The Morgan fingerprint density at radius 2 is 2.11 bits per heavy atom. The van der Waals surface area contributed by atoms with Gasteiger partial charge < -0.3 is 11.1 Å². The number of carbonyl (C=O) groups excluding carboxylic acids is 2. The number of hydrogen-bond donors (Lipinski definition) is 2. The molecular weight excluding hydrogens is 376 g/mol. The summed E-state index contributed by atoms with van der Waals surface area (Å²) < 4.78 is 1.59. The van der Waals surface area contributed by atoms with Gasteiger partial charge in [0.25, 0.3) is 11.8 Å². The van der Waals surface area contributed by atoms with Crippen molar-refractivity contribution in [3.63, 3.8) is 0 Å². The van der Waals surface area contributed by atoms with Crippen molar-refractivity contribution in [1.29, 1.82) is 0 Å². The van der Waals surface area contributed by atoms with Crippen molar-refractivity contribution < 1.29 is 9.59 Å². The number of primary amides is 1. The lowest BCUT2D eigenvalue weighted by Gasteiger charge is -2.13. The minimum atomic E-state index is -0.557. The molecule has 4 rings (SSSR count). The van der Waals surface area contributed by atoms with E-state index in [-0.39, 0.29) is 12.5 Å². The van der Waals surface area contributed by atoms with Crippen molar-refractivity contribution in [3.05, 3.63) is 52.0 Å². The van der Waals surface area contributed by atoms with Crippen LogP contribution in [0.15, 0.2) is 24.7 Å². The summed E-state index contributed by atoms with van der Waals surface area (Å²) in [6.07, 6.45) is 7.11.